The van der Waals surface area contributed by atoms with Crippen LogP contribution in [0, 0.1) is 0 Å². The number of nitrogens with one attached hydrogen (secondary N) is 1. The summed E-state index contributed by atoms with van der Waals surface area (Å²) in [6.07, 6.45) is 2.28. The van der Waals surface area contributed by atoms with E-state index in [0.29, 0.717) is 10.0 Å². The van der Waals surface area contributed by atoms with Crippen LogP contribution in [0.5, 0.6) is 0 Å². The summed E-state index contributed by atoms with van der Waals surface area (Å²) in [5, 5.41) is 4.52. The summed E-state index contributed by atoms with van der Waals surface area (Å²) < 4.78 is 0. The molecular weight excluding hydrogens is 289 g/mol. The van der Waals surface area contributed by atoms with Crippen molar-refractivity contribution in [3.63, 3.8) is 0 Å². The Kier molecular flexibility index (Phi) is 5.47. The molecule has 1 N–H and O–H groups in total. The zero-order chi connectivity index (χ0) is 14.5. The number of rotatable bonds is 5. The summed E-state index contributed by atoms with van der Waals surface area (Å²) in [6, 6.07) is 14.5. The van der Waals surface area contributed by atoms with Crippen LogP contribution in [0.25, 0.3) is 0 Å². The van der Waals surface area contributed by atoms with Gasteiger partial charge in [0, 0.05) is 0 Å². The summed E-state index contributed by atoms with van der Waals surface area (Å²) in [7, 11) is 1.93. The average molecular weight is 308 g/mol. The van der Waals surface area contributed by atoms with E-state index in [1.54, 1.807) is 0 Å². The molecule has 0 fully saturated rings. The summed E-state index contributed by atoms with van der Waals surface area (Å²) in [5.74, 6) is 0. The third-order valence-corrected chi connectivity index (χ3v) is 4.27. The van der Waals surface area contributed by atoms with E-state index < -0.39 is 0 Å². The monoisotopic (exact) mass is 307 g/mol. The molecule has 1 nitrogen and oxygen atoms in total. The molecule has 0 amide bonds. The minimum absolute atomic E-state index is 0.0527. The maximum atomic E-state index is 6.33. The van der Waals surface area contributed by atoms with Crippen LogP contribution < -0.4 is 5.32 Å². The number of benzene rings is 2. The Balaban J connectivity index is 2.34. The van der Waals surface area contributed by atoms with Gasteiger partial charge in [0.1, 0.15) is 0 Å². The zero-order valence-corrected chi connectivity index (χ0v) is 13.3. The highest BCUT2D eigenvalue weighted by Gasteiger charge is 2.16. The van der Waals surface area contributed by atoms with Crippen LogP contribution in [0.4, 0.5) is 0 Å². The molecule has 0 aliphatic carbocycles. The molecule has 0 bridgehead atoms. The largest absolute Gasteiger partial charge is 0.309 e. The fourth-order valence-corrected chi connectivity index (χ4v) is 2.83. The van der Waals surface area contributed by atoms with Crippen LogP contribution in [0.3, 0.4) is 0 Å². The second-order valence-corrected chi connectivity index (χ2v) is 5.64. The van der Waals surface area contributed by atoms with Gasteiger partial charge in [0.05, 0.1) is 16.1 Å². The van der Waals surface area contributed by atoms with Gasteiger partial charge in [-0.3, -0.25) is 0 Å². The van der Waals surface area contributed by atoms with Crippen LogP contribution in [0.2, 0.25) is 10.0 Å². The Morgan fingerprint density at radius 3 is 2.35 bits per heavy atom. The van der Waals surface area contributed by atoms with Crippen molar-refractivity contribution in [3.8, 4) is 0 Å². The molecule has 0 saturated carbocycles. The SMILES string of the molecule is CCCc1ccc(C(NC)c2cccc(Cl)c2Cl)cc1. The van der Waals surface area contributed by atoms with E-state index >= 15 is 0 Å². The Labute approximate surface area is 130 Å². The van der Waals surface area contributed by atoms with Crippen LogP contribution in [0.15, 0.2) is 42.5 Å². The van der Waals surface area contributed by atoms with Crippen molar-refractivity contribution in [2.75, 3.05) is 7.05 Å². The summed E-state index contributed by atoms with van der Waals surface area (Å²) in [4.78, 5) is 0. The molecule has 0 spiro atoms. The molecule has 0 aliphatic heterocycles. The van der Waals surface area contributed by atoms with E-state index in [-0.39, 0.29) is 6.04 Å². The second kappa shape index (κ2) is 7.12. The molecule has 106 valence electrons. The minimum Gasteiger partial charge on any atom is -0.309 e. The van der Waals surface area contributed by atoms with Crippen molar-refractivity contribution in [2.24, 2.45) is 0 Å². The summed E-state index contributed by atoms with van der Waals surface area (Å²) in [5.41, 5.74) is 3.56. The first-order valence-electron chi connectivity index (χ1n) is 6.87. The van der Waals surface area contributed by atoms with E-state index in [1.165, 1.54) is 11.1 Å². The number of hydrogen-bond acceptors (Lipinski definition) is 1. The van der Waals surface area contributed by atoms with Crippen molar-refractivity contribution in [1.29, 1.82) is 0 Å². The van der Waals surface area contributed by atoms with E-state index in [0.717, 1.165) is 18.4 Å². The average Bonchev–Trinajstić information content (AvgIpc) is 2.46. The van der Waals surface area contributed by atoms with Gasteiger partial charge < -0.3 is 5.32 Å². The van der Waals surface area contributed by atoms with Gasteiger partial charge in [0.25, 0.3) is 0 Å². The summed E-state index contributed by atoms with van der Waals surface area (Å²) in [6.45, 7) is 2.19. The quantitative estimate of drug-likeness (QED) is 0.795. The molecule has 0 radical (unpaired) electrons. The van der Waals surface area contributed by atoms with Crippen LogP contribution in [0.1, 0.15) is 36.1 Å². The van der Waals surface area contributed by atoms with Gasteiger partial charge in [-0.25, -0.2) is 0 Å². The van der Waals surface area contributed by atoms with Gasteiger partial charge in [-0.15, -0.1) is 0 Å². The molecule has 0 aromatic heterocycles. The number of aryl methyl sites for hydroxylation is 1. The predicted molar refractivity (Wildman–Crippen MR) is 87.8 cm³/mol. The van der Waals surface area contributed by atoms with Crippen LogP contribution in [-0.4, -0.2) is 7.05 Å². The fraction of sp³-hybridized carbons (Fsp3) is 0.294. The Morgan fingerprint density at radius 2 is 1.75 bits per heavy atom. The highest BCUT2D eigenvalue weighted by Crippen LogP contribution is 2.33. The highest BCUT2D eigenvalue weighted by molar-refractivity contribution is 6.42. The molecule has 0 saturated heterocycles. The van der Waals surface area contributed by atoms with Crippen molar-refractivity contribution in [1.82, 2.24) is 5.32 Å². The number of hydrogen-bond donors (Lipinski definition) is 1. The number of halogens is 2. The van der Waals surface area contributed by atoms with Crippen molar-refractivity contribution in [3.05, 3.63) is 69.2 Å². The van der Waals surface area contributed by atoms with E-state index in [9.17, 15) is 0 Å². The van der Waals surface area contributed by atoms with Crippen LogP contribution >= 0.6 is 23.2 Å². The molecule has 3 heteroatoms. The normalized spacial score (nSPS) is 12.4. The maximum Gasteiger partial charge on any atom is 0.0643 e. The molecule has 2 rings (SSSR count). The van der Waals surface area contributed by atoms with Gasteiger partial charge in [-0.2, -0.15) is 0 Å². The lowest BCUT2D eigenvalue weighted by molar-refractivity contribution is 0.691. The lowest BCUT2D eigenvalue weighted by atomic mass is 9.97. The molecular formula is C17H19Cl2N. The Morgan fingerprint density at radius 1 is 1.05 bits per heavy atom. The van der Waals surface area contributed by atoms with Crippen LogP contribution in [-0.2, 0) is 6.42 Å². The maximum absolute atomic E-state index is 6.33. The molecule has 1 atom stereocenters. The molecule has 20 heavy (non-hydrogen) atoms. The lowest BCUT2D eigenvalue weighted by Gasteiger charge is -2.19. The smallest absolute Gasteiger partial charge is 0.0643 e. The van der Waals surface area contributed by atoms with E-state index in [2.05, 4.69) is 36.5 Å². The van der Waals surface area contributed by atoms with Gasteiger partial charge in [-0.05, 0) is 36.2 Å². The van der Waals surface area contributed by atoms with Gasteiger partial charge >= 0.3 is 0 Å². The fourth-order valence-electron chi connectivity index (χ4n) is 2.41. The Bertz CT molecular complexity index is 564. The first-order valence-corrected chi connectivity index (χ1v) is 7.63. The van der Waals surface area contributed by atoms with Gasteiger partial charge in [0.15, 0.2) is 0 Å². The van der Waals surface area contributed by atoms with Gasteiger partial charge in [0.2, 0.25) is 0 Å². The Hall–Kier alpha value is -1.02. The van der Waals surface area contributed by atoms with Crippen molar-refractivity contribution < 1.29 is 0 Å². The van der Waals surface area contributed by atoms with Crippen molar-refractivity contribution in [2.45, 2.75) is 25.8 Å². The summed E-state index contributed by atoms with van der Waals surface area (Å²) >= 11 is 12.4. The topological polar surface area (TPSA) is 12.0 Å². The van der Waals surface area contributed by atoms with Crippen molar-refractivity contribution >= 4 is 23.2 Å². The molecule has 2 aromatic carbocycles. The van der Waals surface area contributed by atoms with Gasteiger partial charge in [-0.1, -0.05) is 72.9 Å². The predicted octanol–water partition coefficient (Wildman–Crippen LogP) is 5.25. The zero-order valence-electron chi connectivity index (χ0n) is 11.8. The molecule has 1 unspecified atom stereocenters. The molecule has 0 heterocycles. The van der Waals surface area contributed by atoms with E-state index in [1.807, 2.05) is 25.2 Å². The first-order chi connectivity index (χ1) is 9.67. The third kappa shape index (κ3) is 3.35. The standard InChI is InChI=1S/C17H19Cl2N/c1-3-5-12-8-10-13(11-9-12)17(20-2)14-6-4-7-15(18)16(14)19/h4,6-11,17,20H,3,5H2,1-2H3. The second-order valence-electron chi connectivity index (χ2n) is 4.86. The first kappa shape index (κ1) is 15.4. The third-order valence-electron chi connectivity index (χ3n) is 3.43. The minimum atomic E-state index is 0.0527. The molecule has 0 aliphatic rings. The highest BCUT2D eigenvalue weighted by atomic mass is 35.5. The lowest BCUT2D eigenvalue weighted by Crippen LogP contribution is -2.18. The molecule has 2 aromatic rings. The van der Waals surface area contributed by atoms with E-state index in [4.69, 9.17) is 23.2 Å².